The predicted octanol–water partition coefficient (Wildman–Crippen LogP) is 4.39. The van der Waals surface area contributed by atoms with Crippen molar-refractivity contribution in [1.82, 2.24) is 0 Å². The highest BCUT2D eigenvalue weighted by molar-refractivity contribution is 5.77. The molecule has 0 aromatic heterocycles. The monoisotopic (exact) mass is 250 g/mol. The minimum absolute atomic E-state index is 0.0639. The lowest BCUT2D eigenvalue weighted by Gasteiger charge is -2.36. The molecule has 2 fully saturated rings. The molecule has 0 spiro atoms. The highest BCUT2D eigenvalue weighted by Gasteiger charge is 2.40. The number of carbonyl (C=O) groups excluding carboxylic acids is 1. The van der Waals surface area contributed by atoms with Gasteiger partial charge in [-0.05, 0) is 44.9 Å². The van der Waals surface area contributed by atoms with Crippen LogP contribution in [0.2, 0.25) is 0 Å². The van der Waals surface area contributed by atoms with E-state index >= 15 is 0 Å². The van der Waals surface area contributed by atoms with Crippen LogP contribution >= 0.6 is 0 Å². The smallest absolute Gasteiger partial charge is 0.312 e. The zero-order valence-electron chi connectivity index (χ0n) is 11.5. The maximum absolute atomic E-state index is 12.5. The number of hydrogen-bond donors (Lipinski definition) is 0. The Morgan fingerprint density at radius 3 is 2.33 bits per heavy atom. The van der Waals surface area contributed by atoms with Gasteiger partial charge in [-0.15, -0.1) is 6.58 Å². The molecule has 18 heavy (non-hydrogen) atoms. The molecule has 2 heteroatoms. The standard InChI is InChI=1S/C16H26O2/c1-2-11-16(12-7-4-8-13-16)15(17)18-14-9-5-3-6-10-14/h2,14H,1,3-13H2. The molecule has 0 aromatic rings. The molecule has 0 aliphatic heterocycles. The van der Waals surface area contributed by atoms with Crippen molar-refractivity contribution in [3.05, 3.63) is 12.7 Å². The van der Waals surface area contributed by atoms with Crippen LogP contribution in [0.15, 0.2) is 12.7 Å². The van der Waals surface area contributed by atoms with Crippen LogP contribution in [0, 0.1) is 5.41 Å². The molecule has 2 rings (SSSR count). The summed E-state index contributed by atoms with van der Waals surface area (Å²) in [6.07, 6.45) is 14.3. The molecule has 0 atom stereocenters. The molecule has 2 aliphatic rings. The summed E-state index contributed by atoms with van der Waals surface area (Å²) in [6.45, 7) is 3.82. The molecule has 2 saturated carbocycles. The van der Waals surface area contributed by atoms with Crippen molar-refractivity contribution in [2.45, 2.75) is 76.7 Å². The van der Waals surface area contributed by atoms with Gasteiger partial charge in [-0.2, -0.15) is 0 Å². The van der Waals surface area contributed by atoms with E-state index in [1.807, 2.05) is 6.08 Å². The summed E-state index contributed by atoms with van der Waals surface area (Å²) in [4.78, 5) is 12.5. The minimum Gasteiger partial charge on any atom is -0.462 e. The van der Waals surface area contributed by atoms with Crippen molar-refractivity contribution in [2.75, 3.05) is 0 Å². The predicted molar refractivity (Wildman–Crippen MR) is 73.3 cm³/mol. The van der Waals surface area contributed by atoms with Gasteiger partial charge < -0.3 is 4.74 Å². The van der Waals surface area contributed by atoms with E-state index in [1.54, 1.807) is 0 Å². The second-order valence-corrected chi connectivity index (χ2v) is 6.00. The van der Waals surface area contributed by atoms with Crippen LogP contribution in [0.5, 0.6) is 0 Å². The maximum atomic E-state index is 12.5. The summed E-state index contributed by atoms with van der Waals surface area (Å²) in [5.41, 5.74) is -0.239. The van der Waals surface area contributed by atoms with E-state index in [-0.39, 0.29) is 17.5 Å². The average molecular weight is 250 g/mol. The molecule has 0 unspecified atom stereocenters. The van der Waals surface area contributed by atoms with Crippen molar-refractivity contribution in [3.63, 3.8) is 0 Å². The van der Waals surface area contributed by atoms with E-state index in [0.717, 1.165) is 44.9 Å². The van der Waals surface area contributed by atoms with Gasteiger partial charge in [0.25, 0.3) is 0 Å². The first-order valence-electron chi connectivity index (χ1n) is 7.59. The maximum Gasteiger partial charge on any atom is 0.312 e. The third-order valence-corrected chi connectivity index (χ3v) is 4.60. The van der Waals surface area contributed by atoms with Gasteiger partial charge in [-0.1, -0.05) is 31.8 Å². The zero-order valence-corrected chi connectivity index (χ0v) is 11.5. The highest BCUT2D eigenvalue weighted by Crippen LogP contribution is 2.41. The SMILES string of the molecule is C=CCC1(C(=O)OC2CCCCC2)CCCCC1. The van der Waals surface area contributed by atoms with Crippen LogP contribution in [-0.4, -0.2) is 12.1 Å². The molecule has 0 heterocycles. The lowest BCUT2D eigenvalue weighted by atomic mass is 9.72. The first kappa shape index (κ1) is 13.6. The van der Waals surface area contributed by atoms with E-state index < -0.39 is 0 Å². The van der Waals surface area contributed by atoms with Gasteiger partial charge in [-0.25, -0.2) is 0 Å². The van der Waals surface area contributed by atoms with Crippen molar-refractivity contribution in [1.29, 1.82) is 0 Å². The lowest BCUT2D eigenvalue weighted by Crippen LogP contribution is -2.37. The summed E-state index contributed by atoms with van der Waals surface area (Å²) >= 11 is 0. The second-order valence-electron chi connectivity index (χ2n) is 6.00. The number of hydrogen-bond acceptors (Lipinski definition) is 2. The highest BCUT2D eigenvalue weighted by atomic mass is 16.5. The van der Waals surface area contributed by atoms with Gasteiger partial charge in [0.05, 0.1) is 5.41 Å². The molecule has 102 valence electrons. The van der Waals surface area contributed by atoms with E-state index in [0.29, 0.717) is 0 Å². The van der Waals surface area contributed by atoms with Crippen molar-refractivity contribution < 1.29 is 9.53 Å². The molecule has 0 aromatic carbocycles. The average Bonchev–Trinajstić information content (AvgIpc) is 2.41. The van der Waals surface area contributed by atoms with Crippen LogP contribution in [0.1, 0.15) is 70.6 Å². The Kier molecular flexibility index (Phi) is 4.85. The molecule has 0 radical (unpaired) electrons. The van der Waals surface area contributed by atoms with E-state index in [9.17, 15) is 4.79 Å². The first-order chi connectivity index (χ1) is 8.77. The summed E-state index contributed by atoms with van der Waals surface area (Å²) in [6, 6.07) is 0. The summed E-state index contributed by atoms with van der Waals surface area (Å²) in [5.74, 6) is 0.0639. The molecular formula is C16H26O2. The molecule has 0 N–H and O–H groups in total. The molecule has 0 bridgehead atoms. The van der Waals surface area contributed by atoms with Crippen LogP contribution in [0.25, 0.3) is 0 Å². The van der Waals surface area contributed by atoms with Crippen molar-refractivity contribution >= 4 is 5.97 Å². The van der Waals surface area contributed by atoms with E-state index in [2.05, 4.69) is 6.58 Å². The Morgan fingerprint density at radius 2 is 1.72 bits per heavy atom. The topological polar surface area (TPSA) is 26.3 Å². The van der Waals surface area contributed by atoms with Gasteiger partial charge >= 0.3 is 5.97 Å². The number of esters is 1. The molecular weight excluding hydrogens is 224 g/mol. The fraction of sp³-hybridized carbons (Fsp3) is 0.812. The lowest BCUT2D eigenvalue weighted by molar-refractivity contribution is -0.165. The van der Waals surface area contributed by atoms with E-state index in [1.165, 1.54) is 25.7 Å². The first-order valence-corrected chi connectivity index (χ1v) is 7.59. The number of rotatable bonds is 4. The van der Waals surface area contributed by atoms with Gasteiger partial charge in [0.1, 0.15) is 6.10 Å². The quantitative estimate of drug-likeness (QED) is 0.546. The van der Waals surface area contributed by atoms with Gasteiger partial charge in [0, 0.05) is 0 Å². The minimum atomic E-state index is -0.239. The molecule has 0 amide bonds. The Bertz CT molecular complexity index is 283. The van der Waals surface area contributed by atoms with E-state index in [4.69, 9.17) is 4.74 Å². The zero-order chi connectivity index (χ0) is 12.8. The molecule has 2 aliphatic carbocycles. The van der Waals surface area contributed by atoms with Crippen molar-refractivity contribution in [2.24, 2.45) is 5.41 Å². The number of allylic oxidation sites excluding steroid dienone is 1. The summed E-state index contributed by atoms with van der Waals surface area (Å²) < 4.78 is 5.80. The third-order valence-electron chi connectivity index (χ3n) is 4.60. The second kappa shape index (κ2) is 6.40. The molecule has 2 nitrogen and oxygen atoms in total. The Morgan fingerprint density at radius 1 is 1.11 bits per heavy atom. The third kappa shape index (κ3) is 3.15. The largest absolute Gasteiger partial charge is 0.462 e. The Balaban J connectivity index is 1.96. The Hall–Kier alpha value is -0.790. The van der Waals surface area contributed by atoms with Crippen LogP contribution in [-0.2, 0) is 9.53 Å². The van der Waals surface area contributed by atoms with Crippen LogP contribution in [0.3, 0.4) is 0 Å². The fourth-order valence-electron chi connectivity index (χ4n) is 3.46. The van der Waals surface area contributed by atoms with Crippen molar-refractivity contribution in [3.8, 4) is 0 Å². The van der Waals surface area contributed by atoms with Gasteiger partial charge in [-0.3, -0.25) is 4.79 Å². The summed E-state index contributed by atoms with van der Waals surface area (Å²) in [5, 5.41) is 0. The summed E-state index contributed by atoms with van der Waals surface area (Å²) in [7, 11) is 0. The van der Waals surface area contributed by atoms with Gasteiger partial charge in [0.2, 0.25) is 0 Å². The fourth-order valence-corrected chi connectivity index (χ4v) is 3.46. The number of ether oxygens (including phenoxy) is 1. The number of carbonyl (C=O) groups is 1. The van der Waals surface area contributed by atoms with Gasteiger partial charge in [0.15, 0.2) is 0 Å². The Labute approximate surface area is 111 Å². The normalized spacial score (nSPS) is 24.4. The van der Waals surface area contributed by atoms with Crippen LogP contribution in [0.4, 0.5) is 0 Å². The van der Waals surface area contributed by atoms with Crippen LogP contribution < -0.4 is 0 Å². The molecule has 0 saturated heterocycles.